The van der Waals surface area contributed by atoms with Crippen LogP contribution in [0.3, 0.4) is 0 Å². The number of benzene rings is 2. The van der Waals surface area contributed by atoms with E-state index in [-0.39, 0.29) is 43.3 Å². The second kappa shape index (κ2) is 9.17. The maximum atomic E-state index is 13.0. The molecular weight excluding hydrogens is 406 g/mol. The lowest BCUT2D eigenvalue weighted by Gasteiger charge is -2.29. The second-order valence-corrected chi connectivity index (χ2v) is 7.77. The second-order valence-electron chi connectivity index (χ2n) is 7.33. The largest absolute Gasteiger partial charge is 0.483 e. The molecule has 3 rings (SSSR count). The number of hydrogen-bond donors (Lipinski definition) is 1. The first-order valence-electron chi connectivity index (χ1n) is 9.60. The molecule has 3 amide bonds. The summed E-state index contributed by atoms with van der Waals surface area (Å²) in [6.07, 6.45) is 0.178. The number of fused-ring (bicyclic) bond motifs is 1. The molecule has 0 aliphatic carbocycles. The topological polar surface area (TPSA) is 79.0 Å². The van der Waals surface area contributed by atoms with E-state index in [1.807, 2.05) is 13.8 Å². The van der Waals surface area contributed by atoms with Crippen LogP contribution in [0.1, 0.15) is 18.9 Å². The average Bonchev–Trinajstić information content (AvgIpc) is 2.81. The fourth-order valence-corrected chi connectivity index (χ4v) is 3.59. The fourth-order valence-electron chi connectivity index (χ4n) is 3.36. The summed E-state index contributed by atoms with van der Waals surface area (Å²) in [6, 6.07) is 11.9. The Balaban J connectivity index is 1.67. The molecule has 1 aliphatic heterocycles. The van der Waals surface area contributed by atoms with E-state index >= 15 is 0 Å². The SMILES string of the molecule is Cc1cc(Cl)ccc1OCC(=O)N(C)CC(=O)N1c2ccccc2NC(=O)C[C@@H]1C. The Morgan fingerprint density at radius 2 is 2.00 bits per heavy atom. The third-order valence-electron chi connectivity index (χ3n) is 4.91. The van der Waals surface area contributed by atoms with Gasteiger partial charge in [-0.15, -0.1) is 0 Å². The van der Waals surface area contributed by atoms with Gasteiger partial charge in [0.15, 0.2) is 6.61 Å². The monoisotopic (exact) mass is 429 g/mol. The van der Waals surface area contributed by atoms with Crippen molar-refractivity contribution in [1.82, 2.24) is 4.90 Å². The molecule has 1 atom stereocenters. The standard InChI is InChI=1S/C22H24ClN3O4/c1-14-10-16(23)8-9-19(14)30-13-22(29)25(3)12-21(28)26-15(2)11-20(27)24-17-6-4-5-7-18(17)26/h4-10,15H,11-13H2,1-3H3,(H,24,27)/t15-/m0/s1. The third kappa shape index (κ3) is 4.91. The van der Waals surface area contributed by atoms with E-state index in [0.717, 1.165) is 5.56 Å². The zero-order valence-corrected chi connectivity index (χ0v) is 17.9. The van der Waals surface area contributed by atoms with E-state index in [9.17, 15) is 14.4 Å². The Kier molecular flexibility index (Phi) is 6.62. The van der Waals surface area contributed by atoms with E-state index < -0.39 is 0 Å². The van der Waals surface area contributed by atoms with Gasteiger partial charge in [-0.25, -0.2) is 0 Å². The van der Waals surface area contributed by atoms with Crippen molar-refractivity contribution in [2.45, 2.75) is 26.3 Å². The summed E-state index contributed by atoms with van der Waals surface area (Å²) >= 11 is 5.93. The zero-order chi connectivity index (χ0) is 21.8. The molecule has 2 aromatic rings. The molecule has 1 aliphatic rings. The van der Waals surface area contributed by atoms with Crippen LogP contribution in [0.15, 0.2) is 42.5 Å². The van der Waals surface area contributed by atoms with Crippen molar-refractivity contribution in [2.24, 2.45) is 0 Å². The summed E-state index contributed by atoms with van der Waals surface area (Å²) in [4.78, 5) is 40.5. The summed E-state index contributed by atoms with van der Waals surface area (Å²) in [5, 5.41) is 3.41. The molecule has 0 unspecified atom stereocenters. The van der Waals surface area contributed by atoms with Crippen LogP contribution in [0, 0.1) is 6.92 Å². The number of nitrogens with zero attached hydrogens (tertiary/aromatic N) is 2. The lowest BCUT2D eigenvalue weighted by molar-refractivity contribution is -0.135. The van der Waals surface area contributed by atoms with Crippen LogP contribution in [0.2, 0.25) is 5.02 Å². The molecule has 7 nitrogen and oxygen atoms in total. The number of ether oxygens (including phenoxy) is 1. The summed E-state index contributed by atoms with van der Waals surface area (Å²) in [5.74, 6) is -0.193. The smallest absolute Gasteiger partial charge is 0.260 e. The molecular formula is C22H24ClN3O4. The number of nitrogens with one attached hydrogen (secondary N) is 1. The lowest BCUT2D eigenvalue weighted by atomic mass is 10.1. The number of halogens is 1. The van der Waals surface area contributed by atoms with Crippen LogP contribution in [0.25, 0.3) is 0 Å². The number of aryl methyl sites for hydroxylation is 1. The van der Waals surface area contributed by atoms with E-state index in [1.54, 1.807) is 54.4 Å². The molecule has 1 N–H and O–H groups in total. The van der Waals surface area contributed by atoms with Crippen LogP contribution in [0.5, 0.6) is 5.75 Å². The van der Waals surface area contributed by atoms with Gasteiger partial charge in [-0.1, -0.05) is 23.7 Å². The van der Waals surface area contributed by atoms with E-state index in [1.165, 1.54) is 4.90 Å². The number of likely N-dealkylation sites (N-methyl/N-ethyl adjacent to an activating group) is 1. The van der Waals surface area contributed by atoms with Crippen molar-refractivity contribution in [3.05, 3.63) is 53.1 Å². The Morgan fingerprint density at radius 1 is 1.27 bits per heavy atom. The Labute approximate surface area is 180 Å². The van der Waals surface area contributed by atoms with Gasteiger partial charge in [-0.05, 0) is 49.7 Å². The third-order valence-corrected chi connectivity index (χ3v) is 5.15. The van der Waals surface area contributed by atoms with E-state index in [2.05, 4.69) is 5.32 Å². The summed E-state index contributed by atoms with van der Waals surface area (Å²) in [6.45, 7) is 3.33. The molecule has 0 saturated heterocycles. The maximum absolute atomic E-state index is 13.0. The highest BCUT2D eigenvalue weighted by atomic mass is 35.5. The molecule has 2 aromatic carbocycles. The van der Waals surface area contributed by atoms with Crippen molar-refractivity contribution in [3.63, 3.8) is 0 Å². The number of carbonyl (C=O) groups is 3. The Morgan fingerprint density at radius 3 is 2.73 bits per heavy atom. The fraction of sp³-hybridized carbons (Fsp3) is 0.318. The van der Waals surface area contributed by atoms with Gasteiger partial charge in [0, 0.05) is 24.5 Å². The first-order valence-corrected chi connectivity index (χ1v) is 9.98. The average molecular weight is 430 g/mol. The number of hydrogen-bond acceptors (Lipinski definition) is 4. The highest BCUT2D eigenvalue weighted by Crippen LogP contribution is 2.31. The van der Waals surface area contributed by atoms with Crippen molar-refractivity contribution < 1.29 is 19.1 Å². The van der Waals surface area contributed by atoms with Gasteiger partial charge < -0.3 is 19.9 Å². The molecule has 8 heteroatoms. The van der Waals surface area contributed by atoms with Crippen molar-refractivity contribution in [2.75, 3.05) is 30.4 Å². The first kappa shape index (κ1) is 21.6. The van der Waals surface area contributed by atoms with Gasteiger partial charge in [0.2, 0.25) is 11.8 Å². The molecule has 158 valence electrons. The van der Waals surface area contributed by atoms with Crippen LogP contribution >= 0.6 is 11.6 Å². The van der Waals surface area contributed by atoms with Crippen LogP contribution in [-0.2, 0) is 14.4 Å². The lowest BCUT2D eigenvalue weighted by Crippen LogP contribution is -2.46. The molecule has 30 heavy (non-hydrogen) atoms. The first-order chi connectivity index (χ1) is 14.3. The highest BCUT2D eigenvalue weighted by Gasteiger charge is 2.30. The maximum Gasteiger partial charge on any atom is 0.260 e. The molecule has 0 saturated carbocycles. The summed E-state index contributed by atoms with van der Waals surface area (Å²) in [5.41, 5.74) is 2.02. The minimum absolute atomic E-state index is 0.130. The predicted molar refractivity (Wildman–Crippen MR) is 116 cm³/mol. The van der Waals surface area contributed by atoms with Gasteiger partial charge in [0.05, 0.1) is 17.9 Å². The van der Waals surface area contributed by atoms with Crippen molar-refractivity contribution in [3.8, 4) is 5.75 Å². The minimum Gasteiger partial charge on any atom is -0.483 e. The quantitative estimate of drug-likeness (QED) is 0.791. The highest BCUT2D eigenvalue weighted by molar-refractivity contribution is 6.30. The predicted octanol–water partition coefficient (Wildman–Crippen LogP) is 3.25. The molecule has 0 aromatic heterocycles. The molecule has 1 heterocycles. The van der Waals surface area contributed by atoms with Gasteiger partial charge in [-0.3, -0.25) is 14.4 Å². The van der Waals surface area contributed by atoms with Gasteiger partial charge >= 0.3 is 0 Å². The molecule has 0 radical (unpaired) electrons. The van der Waals surface area contributed by atoms with Crippen LogP contribution < -0.4 is 15.0 Å². The van der Waals surface area contributed by atoms with Gasteiger partial charge in [0.25, 0.3) is 5.91 Å². The summed E-state index contributed by atoms with van der Waals surface area (Å²) < 4.78 is 5.58. The Bertz CT molecular complexity index is 979. The number of rotatable bonds is 5. The van der Waals surface area contributed by atoms with Crippen LogP contribution in [-0.4, -0.2) is 48.9 Å². The molecule has 0 fully saturated rings. The number of carbonyl (C=O) groups excluding carboxylic acids is 3. The number of anilines is 2. The van der Waals surface area contributed by atoms with Gasteiger partial charge in [-0.2, -0.15) is 0 Å². The Hall–Kier alpha value is -3.06. The normalized spacial score (nSPS) is 15.7. The number of para-hydroxylation sites is 2. The van der Waals surface area contributed by atoms with Crippen LogP contribution in [0.4, 0.5) is 11.4 Å². The van der Waals surface area contributed by atoms with Gasteiger partial charge in [0.1, 0.15) is 5.75 Å². The zero-order valence-electron chi connectivity index (χ0n) is 17.1. The van der Waals surface area contributed by atoms with E-state index in [4.69, 9.17) is 16.3 Å². The molecule has 0 bridgehead atoms. The summed E-state index contributed by atoms with van der Waals surface area (Å²) in [7, 11) is 1.55. The van der Waals surface area contributed by atoms with Crippen molar-refractivity contribution >= 4 is 40.7 Å². The van der Waals surface area contributed by atoms with Crippen molar-refractivity contribution in [1.29, 1.82) is 0 Å². The number of amides is 3. The van der Waals surface area contributed by atoms with E-state index in [0.29, 0.717) is 22.1 Å². The molecule has 0 spiro atoms. The minimum atomic E-state index is -0.336.